The van der Waals surface area contributed by atoms with Crippen molar-refractivity contribution in [2.24, 2.45) is 41.4 Å². The van der Waals surface area contributed by atoms with Crippen LogP contribution in [0.1, 0.15) is 115 Å². The zero-order valence-corrected chi connectivity index (χ0v) is 79.4. The number of phenolic OH excluding ortho intramolecular Hbond substituents is 3. The van der Waals surface area contributed by atoms with Gasteiger partial charge >= 0.3 is 5.97 Å². The lowest BCUT2D eigenvalue weighted by Gasteiger charge is -2.44. The molecule has 11 bridgehead atoms. The highest BCUT2D eigenvalue weighted by Gasteiger charge is 2.54. The molecule has 6 saturated heterocycles. The van der Waals surface area contributed by atoms with Crippen molar-refractivity contribution in [2.45, 2.75) is 260 Å². The van der Waals surface area contributed by atoms with E-state index < -0.39 is 377 Å². The molecule has 6 fully saturated rings. The highest BCUT2D eigenvalue weighted by Crippen LogP contribution is 2.52. The molecule has 7 aromatic rings. The molecule has 0 aliphatic carbocycles. The quantitative estimate of drug-likeness (QED) is 0.0347. The summed E-state index contributed by atoms with van der Waals surface area (Å²) in [6.45, 7) is 1.25. The van der Waals surface area contributed by atoms with Crippen LogP contribution in [-0.4, -0.2) is 385 Å². The van der Waals surface area contributed by atoms with E-state index in [1.165, 1.54) is 82.4 Å². The van der Waals surface area contributed by atoms with Crippen molar-refractivity contribution in [3.05, 3.63) is 176 Å². The van der Waals surface area contributed by atoms with E-state index in [-0.39, 0.29) is 41.0 Å². The molecule has 147 heavy (non-hydrogen) atoms. The number of halogens is 2. The Morgan fingerprint density at radius 2 is 0.959 bits per heavy atom. The molecular weight excluding hydrogens is 1990 g/mol. The number of phenols is 3. The van der Waals surface area contributed by atoms with Gasteiger partial charge in [-0.15, -0.1) is 0 Å². The fraction of sp³-hybridized carbons (Fsp3) is 0.484. The maximum Gasteiger partial charge on any atom is 0.333 e. The maximum absolute atomic E-state index is 14.0. The lowest BCUT2D eigenvalue weighted by atomic mass is 9.90. The Balaban J connectivity index is 0.981. The van der Waals surface area contributed by atoms with E-state index in [1.54, 1.807) is 0 Å². The zero-order valence-electron chi connectivity index (χ0n) is 77.9. The van der Waals surface area contributed by atoms with Crippen LogP contribution < -0.4 is 40.5 Å². The Kier molecular flexibility index (Phi) is 33.4. The third-order valence-electron chi connectivity index (χ3n) is 26.5. The second-order valence-electron chi connectivity index (χ2n) is 36.4. The Hall–Kier alpha value is -11.3. The average Bonchev–Trinajstić information content (AvgIpc) is 0.745. The Morgan fingerprint density at radius 3 is 1.54 bits per heavy atom. The summed E-state index contributed by atoms with van der Waals surface area (Å²) in [5, 5.41) is 307. The third-order valence-corrected chi connectivity index (χ3v) is 27.1. The van der Waals surface area contributed by atoms with Gasteiger partial charge in [0.1, 0.15) is 144 Å². The zero-order chi connectivity index (χ0) is 106. The van der Waals surface area contributed by atoms with Gasteiger partial charge in [-0.1, -0.05) is 65.7 Å². The minimum Gasteiger partial charge on any atom is -0.508 e. The van der Waals surface area contributed by atoms with E-state index in [1.807, 2.05) is 0 Å². The summed E-state index contributed by atoms with van der Waals surface area (Å²) in [6, 6.07) is 5.07. The largest absolute Gasteiger partial charge is 0.508 e. The fourth-order valence-electron chi connectivity index (χ4n) is 18.3. The normalized spacial score (nSPS) is 35.7. The SMILES string of the molecule is CNC(C(O)=NC1C(O)=NC(c2ccc(OC3OC(CO)C(O)C(O)C3O)c(Cl)c2)C(O)=NC2C(O)=NC3C(O)=NC(C(O)=NC(C(=O)O)c4cc(O)cc(O)c4-c4cc3ccc4O)C(OC3CC(N)C(O)C(C)O3)c3ccc(c(Cl)c3)Oc3cc2cc(c3OC2OC(CO)C(O)C(O)C2OC2CC(N)C(O)C(C)O2)Oc2ccc(cc2)C1OC1OC(CO)C(O)C(O)C1O)c1ccc(OC2OC(C)C(O)C(O)C2O)cc1. The highest BCUT2D eigenvalue weighted by atomic mass is 35.5. The van der Waals surface area contributed by atoms with Gasteiger partial charge in [0.05, 0.1) is 60.4 Å². The first-order valence-corrected chi connectivity index (χ1v) is 47.0. The van der Waals surface area contributed by atoms with Gasteiger partial charge in [0, 0.05) is 47.7 Å². The highest BCUT2D eigenvalue weighted by molar-refractivity contribution is 6.32. The number of aliphatic hydroxyl groups is 22. The van der Waals surface area contributed by atoms with Crippen molar-refractivity contribution < 1.29 is 204 Å². The Bertz CT molecular complexity index is 6040. The molecule has 11 heterocycles. The number of aliphatic carboxylic acids is 1. The van der Waals surface area contributed by atoms with Gasteiger partial charge in [0.15, 0.2) is 72.7 Å². The standard InChI is InChI=1S/C95H111Cl2N9O41/c1-31-68(113)47(98)26-58(134-31)144-82-38-11-18-51(46(97)21-38)139-54-23-39-22-53(83(54)147-95-84(77(122)73(118)57(30-109)143-95)145-59-27-48(99)69(114)32(2)135-59)137-41-14-7-35(8-15-41)81(146-94-80(125)76(121)72(117)56(29-108)142-94)66(105-85(126)61(100-4)34-5-12-42(13-6-34)138-92-78(123)74(119)70(115)33(3)136-92)89(130)102-63(37-10-17-52(45(96)20-37)140-93-79(124)75(120)71(116)55(28-107)141-93)86(127)103-64(39)88(129)101-62-36-9-16-49(111)43(19-36)60-44(24-40(110)25-50(60)112)65(91(132)133)104-90(131)67(82)106-87(62)128/h5-25,31-33,47-48,55-59,61-82,84,92-95,100,107-125H,26-30,98-99H2,1-4H3,(H,101,129)(H,102,130)(H,103,127)(H,104,131)(H,105,126)(H,106,128)(H,132,133). The molecular formula is C95H111Cl2N9O41. The molecule has 0 radical (unpaired) electrons. The van der Waals surface area contributed by atoms with Crippen LogP contribution in [-0.2, 0) is 47.4 Å². The van der Waals surface area contributed by atoms with E-state index in [0.717, 1.165) is 72.8 Å². The van der Waals surface area contributed by atoms with Crippen LogP contribution in [0, 0.1) is 0 Å². The third kappa shape index (κ3) is 22.6. The van der Waals surface area contributed by atoms with Crippen molar-refractivity contribution in [1.82, 2.24) is 5.32 Å². The van der Waals surface area contributed by atoms with Crippen LogP contribution in [0.25, 0.3) is 11.1 Å². The van der Waals surface area contributed by atoms with Gasteiger partial charge in [0.25, 0.3) is 0 Å². The second-order valence-corrected chi connectivity index (χ2v) is 37.2. The number of nitrogens with one attached hydrogen (secondary N) is 1. The van der Waals surface area contributed by atoms with Gasteiger partial charge in [-0.3, -0.25) is 0 Å². The summed E-state index contributed by atoms with van der Waals surface area (Å²) < 4.78 is 88.3. The van der Waals surface area contributed by atoms with Crippen molar-refractivity contribution in [1.29, 1.82) is 0 Å². The first-order valence-electron chi connectivity index (χ1n) is 46.2. The number of carbonyl (C=O) groups is 1. The fourth-order valence-corrected chi connectivity index (χ4v) is 18.8. The van der Waals surface area contributed by atoms with Gasteiger partial charge in [-0.2, -0.15) is 0 Å². The number of benzene rings is 7. The molecule has 52 heteroatoms. The predicted molar refractivity (Wildman–Crippen MR) is 506 cm³/mol. The molecule has 0 aromatic heterocycles. The topological polar surface area (TPSA) is 811 Å². The van der Waals surface area contributed by atoms with Crippen LogP contribution in [0.2, 0.25) is 10.0 Å². The predicted octanol–water partition coefficient (Wildman–Crippen LogP) is 0.638. The monoisotopic (exact) mass is 2100 g/mol. The number of aliphatic imine (C=N–C) groups is 6. The number of likely N-dealkylation sites (N-methyl/N-ethyl adjacent to an activating group) is 1. The van der Waals surface area contributed by atoms with Crippen molar-refractivity contribution in [3.63, 3.8) is 0 Å². The number of aromatic hydroxyl groups is 3. The molecule has 50 nitrogen and oxygen atoms in total. The van der Waals surface area contributed by atoms with Crippen LogP contribution >= 0.6 is 23.2 Å². The number of carboxylic acid groups (broad SMARTS) is 1. The molecule has 11 aliphatic heterocycles. The first kappa shape index (κ1) is 108. The van der Waals surface area contributed by atoms with Crippen molar-refractivity contribution in [3.8, 4) is 68.6 Å². The number of nitrogens with zero attached hydrogens (tertiary/aromatic N) is 6. The summed E-state index contributed by atoms with van der Waals surface area (Å²) >= 11 is 14.7. The van der Waals surface area contributed by atoms with Crippen LogP contribution in [0.3, 0.4) is 0 Å². The number of carboxylic acids is 1. The summed E-state index contributed by atoms with van der Waals surface area (Å²) in [7, 11) is 1.34. The summed E-state index contributed by atoms with van der Waals surface area (Å²) in [5.74, 6) is -15.9. The van der Waals surface area contributed by atoms with E-state index in [2.05, 4.69) is 25.3 Å². The maximum atomic E-state index is 14.0. The van der Waals surface area contributed by atoms with E-state index in [0.29, 0.717) is 0 Å². The minimum atomic E-state index is -2.57. The van der Waals surface area contributed by atoms with Crippen molar-refractivity contribution in [2.75, 3.05) is 26.9 Å². The molecule has 18 rings (SSSR count). The van der Waals surface area contributed by atoms with Crippen LogP contribution in [0.15, 0.2) is 157 Å². The number of fused-ring (bicyclic) bond motifs is 12. The summed E-state index contributed by atoms with van der Waals surface area (Å²) in [4.78, 5) is 41.5. The molecule has 0 amide bonds. The van der Waals surface area contributed by atoms with E-state index >= 15 is 0 Å². The molecule has 37 unspecified atom stereocenters. The lowest BCUT2D eigenvalue weighted by molar-refractivity contribution is -0.330. The van der Waals surface area contributed by atoms with Crippen molar-refractivity contribution >= 4 is 64.6 Å². The molecule has 796 valence electrons. The smallest absolute Gasteiger partial charge is 0.333 e. The van der Waals surface area contributed by atoms with Gasteiger partial charge in [0.2, 0.25) is 60.0 Å². The minimum absolute atomic E-state index is 0.0167. The lowest BCUT2D eigenvalue weighted by Crippen LogP contribution is -2.62. The second kappa shape index (κ2) is 45.2. The molecule has 0 saturated carbocycles. The number of ether oxygens (including phenoxy) is 14. The average molecular weight is 2110 g/mol. The van der Waals surface area contributed by atoms with E-state index in [9.17, 15) is 138 Å². The Labute approximate surface area is 843 Å². The van der Waals surface area contributed by atoms with Gasteiger partial charge in [-0.25, -0.2) is 34.7 Å². The summed E-state index contributed by atoms with van der Waals surface area (Å²) in [5.41, 5.74) is 9.33. The number of hydrogen-bond acceptors (Lipinski definition) is 43. The molecule has 31 N–H and O–H groups in total. The molecule has 0 spiro atoms. The van der Waals surface area contributed by atoms with Gasteiger partial charge < -0.3 is 216 Å². The number of rotatable bonds is 21. The van der Waals surface area contributed by atoms with Crippen LogP contribution in [0.5, 0.6) is 57.5 Å². The Morgan fingerprint density at radius 1 is 0.449 bits per heavy atom. The summed E-state index contributed by atoms with van der Waals surface area (Å²) in [6.07, 6.45) is -50.6. The first-order chi connectivity index (χ1) is 69.9. The number of hydrogen-bond donors (Lipinski definition) is 29. The number of aliphatic hydroxyl groups excluding tert-OH is 22. The molecule has 37 atom stereocenters. The number of nitrogens with two attached hydrogens (primary N) is 2. The molecule has 7 aromatic carbocycles. The van der Waals surface area contributed by atoms with E-state index in [4.69, 9.17) is 111 Å². The molecule has 11 aliphatic rings. The van der Waals surface area contributed by atoms with Crippen LogP contribution in [0.4, 0.5) is 0 Å². The van der Waals surface area contributed by atoms with Gasteiger partial charge in [-0.05, 0) is 140 Å².